The van der Waals surface area contributed by atoms with E-state index in [0.29, 0.717) is 6.04 Å². The predicted octanol–water partition coefficient (Wildman–Crippen LogP) is 4.17. The third kappa shape index (κ3) is 2.91. The standard InChI is InChI=1S/C16H17N3S/c1-13(16-8-4-11-20-16)18-15-7-3-2-6-14(15)12-19-10-5-9-17-19/h2-11,13,18H,12H2,1H3. The lowest BCUT2D eigenvalue weighted by Crippen LogP contribution is -2.09. The molecule has 102 valence electrons. The second kappa shape index (κ2) is 5.92. The van der Waals surface area contributed by atoms with Gasteiger partial charge in [0.25, 0.3) is 0 Å². The number of aromatic nitrogens is 2. The van der Waals surface area contributed by atoms with Crippen molar-refractivity contribution in [1.29, 1.82) is 0 Å². The molecule has 0 radical (unpaired) electrons. The van der Waals surface area contributed by atoms with Crippen molar-refractivity contribution < 1.29 is 0 Å². The van der Waals surface area contributed by atoms with Crippen molar-refractivity contribution >= 4 is 17.0 Å². The topological polar surface area (TPSA) is 29.9 Å². The van der Waals surface area contributed by atoms with Crippen molar-refractivity contribution in [3.05, 3.63) is 70.7 Å². The van der Waals surface area contributed by atoms with Crippen LogP contribution in [0.2, 0.25) is 0 Å². The maximum absolute atomic E-state index is 4.27. The molecule has 1 N–H and O–H groups in total. The van der Waals surface area contributed by atoms with Crippen molar-refractivity contribution in [3.8, 4) is 0 Å². The maximum Gasteiger partial charge on any atom is 0.0679 e. The molecule has 1 atom stereocenters. The highest BCUT2D eigenvalue weighted by Gasteiger charge is 2.09. The summed E-state index contributed by atoms with van der Waals surface area (Å²) in [6, 6.07) is 14.9. The van der Waals surface area contributed by atoms with Crippen molar-refractivity contribution in [2.45, 2.75) is 19.5 Å². The Labute approximate surface area is 122 Å². The molecule has 0 spiro atoms. The molecule has 1 aromatic carbocycles. The zero-order valence-corrected chi connectivity index (χ0v) is 12.2. The molecule has 0 amide bonds. The van der Waals surface area contributed by atoms with Crippen LogP contribution in [0, 0.1) is 0 Å². The number of nitrogens with zero attached hydrogens (tertiary/aromatic N) is 2. The largest absolute Gasteiger partial charge is 0.377 e. The lowest BCUT2D eigenvalue weighted by atomic mass is 10.1. The predicted molar refractivity (Wildman–Crippen MR) is 84.1 cm³/mol. The second-order valence-electron chi connectivity index (χ2n) is 4.74. The van der Waals surface area contributed by atoms with Crippen LogP contribution in [-0.2, 0) is 6.54 Å². The van der Waals surface area contributed by atoms with E-state index >= 15 is 0 Å². The molecule has 1 unspecified atom stereocenters. The monoisotopic (exact) mass is 283 g/mol. The van der Waals surface area contributed by atoms with Gasteiger partial charge in [0.1, 0.15) is 0 Å². The number of thiophene rings is 1. The molecule has 0 aliphatic heterocycles. The normalized spacial score (nSPS) is 12.2. The summed E-state index contributed by atoms with van der Waals surface area (Å²) in [6.07, 6.45) is 3.80. The summed E-state index contributed by atoms with van der Waals surface area (Å²) in [5, 5.41) is 9.98. The van der Waals surface area contributed by atoms with Gasteiger partial charge in [0.2, 0.25) is 0 Å². The molecule has 0 saturated carbocycles. The first-order chi connectivity index (χ1) is 9.83. The van der Waals surface area contributed by atoms with Gasteiger partial charge in [0, 0.05) is 23.0 Å². The summed E-state index contributed by atoms with van der Waals surface area (Å²) in [6.45, 7) is 2.98. The van der Waals surface area contributed by atoms with E-state index < -0.39 is 0 Å². The molecule has 4 heteroatoms. The fourth-order valence-electron chi connectivity index (χ4n) is 2.21. The maximum atomic E-state index is 4.27. The Bertz CT molecular complexity index is 644. The van der Waals surface area contributed by atoms with Crippen LogP contribution in [0.5, 0.6) is 0 Å². The van der Waals surface area contributed by atoms with Crippen LogP contribution < -0.4 is 5.32 Å². The minimum absolute atomic E-state index is 0.314. The molecule has 2 heterocycles. The van der Waals surface area contributed by atoms with Gasteiger partial charge in [0.15, 0.2) is 0 Å². The zero-order valence-electron chi connectivity index (χ0n) is 11.4. The van der Waals surface area contributed by atoms with E-state index in [4.69, 9.17) is 0 Å². The van der Waals surface area contributed by atoms with Crippen LogP contribution >= 0.6 is 11.3 Å². The molecule has 0 fully saturated rings. The van der Waals surface area contributed by atoms with Crippen LogP contribution in [0.3, 0.4) is 0 Å². The molecule has 3 aromatic rings. The van der Waals surface area contributed by atoms with Crippen LogP contribution in [0.25, 0.3) is 0 Å². The molecule has 3 nitrogen and oxygen atoms in total. The Morgan fingerprint density at radius 3 is 2.85 bits per heavy atom. The lowest BCUT2D eigenvalue weighted by molar-refractivity contribution is 0.686. The molecule has 0 aliphatic carbocycles. The molecule has 0 saturated heterocycles. The Balaban J connectivity index is 1.79. The van der Waals surface area contributed by atoms with Crippen molar-refractivity contribution in [2.75, 3.05) is 5.32 Å². The molecule has 2 aromatic heterocycles. The highest BCUT2D eigenvalue weighted by Crippen LogP contribution is 2.25. The smallest absolute Gasteiger partial charge is 0.0679 e. The van der Waals surface area contributed by atoms with Crippen molar-refractivity contribution in [2.24, 2.45) is 0 Å². The Hall–Kier alpha value is -2.07. The molecule has 0 bridgehead atoms. The van der Waals surface area contributed by atoms with Gasteiger partial charge in [-0.25, -0.2) is 0 Å². The van der Waals surface area contributed by atoms with E-state index in [1.165, 1.54) is 16.1 Å². The van der Waals surface area contributed by atoms with E-state index in [1.807, 2.05) is 23.1 Å². The number of nitrogens with one attached hydrogen (secondary N) is 1. The minimum atomic E-state index is 0.314. The van der Waals surface area contributed by atoms with Gasteiger partial charge in [-0.3, -0.25) is 4.68 Å². The van der Waals surface area contributed by atoms with E-state index in [0.717, 1.165) is 6.54 Å². The lowest BCUT2D eigenvalue weighted by Gasteiger charge is -2.17. The Morgan fingerprint density at radius 1 is 1.20 bits per heavy atom. The number of benzene rings is 1. The minimum Gasteiger partial charge on any atom is -0.377 e. The van der Waals surface area contributed by atoms with Crippen LogP contribution in [0.4, 0.5) is 5.69 Å². The van der Waals surface area contributed by atoms with Gasteiger partial charge in [-0.05, 0) is 36.1 Å². The highest BCUT2D eigenvalue weighted by atomic mass is 32.1. The van der Waals surface area contributed by atoms with Crippen molar-refractivity contribution in [1.82, 2.24) is 9.78 Å². The molecular weight excluding hydrogens is 266 g/mol. The SMILES string of the molecule is CC(Nc1ccccc1Cn1cccn1)c1cccs1. The van der Waals surface area contributed by atoms with Crippen molar-refractivity contribution in [3.63, 3.8) is 0 Å². The molecular formula is C16H17N3S. The van der Waals surface area contributed by atoms with E-state index in [9.17, 15) is 0 Å². The first-order valence-corrected chi connectivity index (χ1v) is 7.56. The van der Waals surface area contributed by atoms with Gasteiger partial charge in [-0.1, -0.05) is 24.3 Å². The Morgan fingerprint density at radius 2 is 2.10 bits per heavy atom. The van der Waals surface area contributed by atoms with Crippen LogP contribution in [0.1, 0.15) is 23.4 Å². The molecule has 20 heavy (non-hydrogen) atoms. The zero-order chi connectivity index (χ0) is 13.8. The van der Waals surface area contributed by atoms with Gasteiger partial charge in [0.05, 0.1) is 12.6 Å². The van der Waals surface area contributed by atoms with Gasteiger partial charge >= 0.3 is 0 Å². The average Bonchev–Trinajstić information content (AvgIpc) is 3.13. The summed E-state index contributed by atoms with van der Waals surface area (Å²) in [4.78, 5) is 1.35. The average molecular weight is 283 g/mol. The number of rotatable bonds is 5. The summed E-state index contributed by atoms with van der Waals surface area (Å²) in [5.41, 5.74) is 2.42. The van der Waals surface area contributed by atoms with E-state index in [2.05, 4.69) is 59.1 Å². The number of hydrogen-bond acceptors (Lipinski definition) is 3. The summed E-state index contributed by atoms with van der Waals surface area (Å²) >= 11 is 1.78. The van der Waals surface area contributed by atoms with E-state index in [-0.39, 0.29) is 0 Å². The number of anilines is 1. The fraction of sp³-hybridized carbons (Fsp3) is 0.188. The Kier molecular flexibility index (Phi) is 3.83. The first kappa shape index (κ1) is 12.9. The van der Waals surface area contributed by atoms with E-state index in [1.54, 1.807) is 11.3 Å². The van der Waals surface area contributed by atoms with Gasteiger partial charge < -0.3 is 5.32 Å². The van der Waals surface area contributed by atoms with Crippen LogP contribution in [0.15, 0.2) is 60.2 Å². The van der Waals surface area contributed by atoms with Crippen LogP contribution in [-0.4, -0.2) is 9.78 Å². The number of hydrogen-bond donors (Lipinski definition) is 1. The second-order valence-corrected chi connectivity index (χ2v) is 5.72. The van der Waals surface area contributed by atoms with Gasteiger partial charge in [-0.15, -0.1) is 11.3 Å². The third-order valence-corrected chi connectivity index (χ3v) is 4.31. The number of para-hydroxylation sites is 1. The third-order valence-electron chi connectivity index (χ3n) is 3.25. The summed E-state index contributed by atoms with van der Waals surface area (Å²) in [5.74, 6) is 0. The quantitative estimate of drug-likeness (QED) is 0.761. The first-order valence-electron chi connectivity index (χ1n) is 6.68. The highest BCUT2D eigenvalue weighted by molar-refractivity contribution is 7.10. The fourth-order valence-corrected chi connectivity index (χ4v) is 2.94. The summed E-state index contributed by atoms with van der Waals surface area (Å²) < 4.78 is 1.94. The molecule has 0 aliphatic rings. The molecule has 3 rings (SSSR count). The summed E-state index contributed by atoms with van der Waals surface area (Å²) in [7, 11) is 0. The van der Waals surface area contributed by atoms with Gasteiger partial charge in [-0.2, -0.15) is 5.10 Å².